The summed E-state index contributed by atoms with van der Waals surface area (Å²) in [5, 5.41) is 5.48. The van der Waals surface area contributed by atoms with Crippen LogP contribution in [0.15, 0.2) is 79.4 Å². The van der Waals surface area contributed by atoms with Gasteiger partial charge in [0.15, 0.2) is 0 Å². The molecule has 0 aliphatic heterocycles. The quantitative estimate of drug-likeness (QED) is 0.539. The molecule has 5 nitrogen and oxygen atoms in total. The molecule has 0 aliphatic rings. The molecule has 3 rings (SSSR count). The van der Waals surface area contributed by atoms with Gasteiger partial charge in [-0.2, -0.15) is 0 Å². The van der Waals surface area contributed by atoms with Crippen LogP contribution in [0.2, 0.25) is 0 Å². The van der Waals surface area contributed by atoms with Crippen LogP contribution in [0.4, 0.5) is 15.8 Å². The van der Waals surface area contributed by atoms with Crippen molar-refractivity contribution in [1.82, 2.24) is 0 Å². The second-order valence-corrected chi connectivity index (χ2v) is 6.62. The second kappa shape index (κ2) is 9.52. The molecule has 2 N–H and O–H groups in total. The summed E-state index contributed by atoms with van der Waals surface area (Å²) in [5.74, 6) is -0.346. The third kappa shape index (κ3) is 5.54. The number of rotatable bonds is 7. The zero-order valence-electron chi connectivity index (χ0n) is 16.4. The summed E-state index contributed by atoms with van der Waals surface area (Å²) in [6.45, 7) is 5.50. The van der Waals surface area contributed by atoms with E-state index < -0.39 is 0 Å². The van der Waals surface area contributed by atoms with E-state index in [1.165, 1.54) is 12.1 Å². The van der Waals surface area contributed by atoms with Gasteiger partial charge in [0.25, 0.3) is 5.91 Å². The fourth-order valence-electron chi connectivity index (χ4n) is 2.79. The summed E-state index contributed by atoms with van der Waals surface area (Å²) in [6, 6.07) is 18.1. The van der Waals surface area contributed by atoms with Gasteiger partial charge in [-0.05, 0) is 72.7 Å². The van der Waals surface area contributed by atoms with E-state index in [9.17, 15) is 14.0 Å². The zero-order valence-corrected chi connectivity index (χ0v) is 16.4. The number of carbonyl (C=O) groups excluding carboxylic acids is 2. The molecule has 0 aliphatic carbocycles. The van der Waals surface area contributed by atoms with Crippen molar-refractivity contribution in [2.75, 3.05) is 10.6 Å². The summed E-state index contributed by atoms with van der Waals surface area (Å²) in [4.78, 5) is 24.0. The molecule has 0 unspecified atom stereocenters. The summed E-state index contributed by atoms with van der Waals surface area (Å²) >= 11 is 0. The maximum Gasteiger partial charge on any atom is 0.255 e. The van der Waals surface area contributed by atoms with Crippen molar-refractivity contribution in [3.05, 3.63) is 102 Å². The standard InChI is InChI=1S/C24H21FN2O3/c1-3-23(28)26-20-9-5-7-18(14-20)24(29)27-22-11-10-21(12-16(22)2)30-15-17-6-4-8-19(25)13-17/h3-14H,1,15H2,2H3,(H,26,28)(H,27,29). The van der Waals surface area contributed by atoms with Gasteiger partial charge in [-0.1, -0.05) is 24.8 Å². The Kier molecular flexibility index (Phi) is 6.60. The summed E-state index contributed by atoms with van der Waals surface area (Å²) in [6.07, 6.45) is 1.16. The highest BCUT2D eigenvalue weighted by Crippen LogP contribution is 2.23. The number of nitrogens with one attached hydrogen (secondary N) is 2. The Morgan fingerprint density at radius 1 is 1.03 bits per heavy atom. The van der Waals surface area contributed by atoms with Gasteiger partial charge in [0.2, 0.25) is 5.91 Å². The molecular formula is C24H21FN2O3. The number of aryl methyl sites for hydroxylation is 1. The van der Waals surface area contributed by atoms with Gasteiger partial charge in [0, 0.05) is 16.9 Å². The van der Waals surface area contributed by atoms with E-state index in [-0.39, 0.29) is 24.2 Å². The number of benzene rings is 3. The largest absolute Gasteiger partial charge is 0.489 e. The Bertz CT molecular complexity index is 1100. The van der Waals surface area contributed by atoms with Gasteiger partial charge < -0.3 is 15.4 Å². The number of anilines is 2. The van der Waals surface area contributed by atoms with E-state index in [0.29, 0.717) is 22.7 Å². The molecule has 0 heterocycles. The van der Waals surface area contributed by atoms with Crippen LogP contribution in [0.5, 0.6) is 5.75 Å². The molecule has 0 aromatic heterocycles. The second-order valence-electron chi connectivity index (χ2n) is 6.62. The van der Waals surface area contributed by atoms with Crippen LogP contribution in [0.3, 0.4) is 0 Å². The monoisotopic (exact) mass is 404 g/mol. The van der Waals surface area contributed by atoms with Gasteiger partial charge in [-0.15, -0.1) is 0 Å². The van der Waals surface area contributed by atoms with Gasteiger partial charge in [0.05, 0.1) is 0 Å². The Balaban J connectivity index is 1.65. The molecule has 0 bridgehead atoms. The smallest absolute Gasteiger partial charge is 0.255 e. The highest BCUT2D eigenvalue weighted by molar-refractivity contribution is 6.06. The van der Waals surface area contributed by atoms with E-state index in [4.69, 9.17) is 4.74 Å². The predicted octanol–water partition coefficient (Wildman–Crippen LogP) is 5.09. The van der Waals surface area contributed by atoms with E-state index in [0.717, 1.165) is 17.2 Å². The molecule has 152 valence electrons. The third-order valence-electron chi connectivity index (χ3n) is 4.32. The highest BCUT2D eigenvalue weighted by atomic mass is 19.1. The average molecular weight is 404 g/mol. The molecule has 0 spiro atoms. The first kappa shape index (κ1) is 20.8. The van der Waals surface area contributed by atoms with Crippen molar-refractivity contribution >= 4 is 23.2 Å². The van der Waals surface area contributed by atoms with E-state index in [1.54, 1.807) is 54.6 Å². The Labute approximate surface area is 174 Å². The van der Waals surface area contributed by atoms with E-state index in [1.807, 2.05) is 6.92 Å². The van der Waals surface area contributed by atoms with Crippen LogP contribution in [-0.2, 0) is 11.4 Å². The molecule has 3 aromatic carbocycles. The fraction of sp³-hybridized carbons (Fsp3) is 0.0833. The van der Waals surface area contributed by atoms with Gasteiger partial charge in [0.1, 0.15) is 18.2 Å². The molecule has 6 heteroatoms. The SMILES string of the molecule is C=CC(=O)Nc1cccc(C(=O)Nc2ccc(OCc3cccc(F)c3)cc2C)c1. The van der Waals surface area contributed by atoms with Crippen molar-refractivity contribution in [2.24, 2.45) is 0 Å². The van der Waals surface area contributed by atoms with Crippen molar-refractivity contribution in [1.29, 1.82) is 0 Å². The maximum absolute atomic E-state index is 13.3. The normalized spacial score (nSPS) is 10.2. The first-order valence-electron chi connectivity index (χ1n) is 9.27. The van der Waals surface area contributed by atoms with Crippen LogP contribution in [-0.4, -0.2) is 11.8 Å². The zero-order chi connectivity index (χ0) is 21.5. The molecule has 0 saturated heterocycles. The van der Waals surface area contributed by atoms with E-state index >= 15 is 0 Å². The minimum Gasteiger partial charge on any atom is -0.489 e. The molecule has 0 radical (unpaired) electrons. The van der Waals surface area contributed by atoms with Crippen LogP contribution in [0.1, 0.15) is 21.5 Å². The molecule has 0 atom stereocenters. The summed E-state index contributed by atoms with van der Waals surface area (Å²) in [7, 11) is 0. The van der Waals surface area contributed by atoms with Crippen LogP contribution in [0.25, 0.3) is 0 Å². The van der Waals surface area contributed by atoms with Gasteiger partial charge in [-0.3, -0.25) is 9.59 Å². The van der Waals surface area contributed by atoms with Crippen LogP contribution >= 0.6 is 0 Å². The first-order chi connectivity index (χ1) is 14.4. The minimum atomic E-state index is -0.350. The van der Waals surface area contributed by atoms with Crippen molar-refractivity contribution in [2.45, 2.75) is 13.5 Å². The lowest BCUT2D eigenvalue weighted by Gasteiger charge is -2.12. The predicted molar refractivity (Wildman–Crippen MR) is 115 cm³/mol. The minimum absolute atomic E-state index is 0.242. The first-order valence-corrected chi connectivity index (χ1v) is 9.27. The lowest BCUT2D eigenvalue weighted by molar-refractivity contribution is -0.111. The maximum atomic E-state index is 13.3. The number of hydrogen-bond acceptors (Lipinski definition) is 3. The van der Waals surface area contributed by atoms with Crippen LogP contribution < -0.4 is 15.4 Å². The molecular weight excluding hydrogens is 383 g/mol. The highest BCUT2D eigenvalue weighted by Gasteiger charge is 2.10. The third-order valence-corrected chi connectivity index (χ3v) is 4.32. The Morgan fingerprint density at radius 2 is 1.83 bits per heavy atom. The van der Waals surface area contributed by atoms with E-state index in [2.05, 4.69) is 17.2 Å². The topological polar surface area (TPSA) is 67.4 Å². The van der Waals surface area contributed by atoms with Gasteiger partial charge in [-0.25, -0.2) is 4.39 Å². The summed E-state index contributed by atoms with van der Waals surface area (Å²) in [5.41, 5.74) is 3.09. The number of amides is 2. The van der Waals surface area contributed by atoms with Crippen molar-refractivity contribution in [3.8, 4) is 5.75 Å². The molecule has 2 amide bonds. The summed E-state index contributed by atoms with van der Waals surface area (Å²) < 4.78 is 19.0. The molecule has 30 heavy (non-hydrogen) atoms. The average Bonchev–Trinajstić information content (AvgIpc) is 2.74. The molecule has 0 saturated carbocycles. The van der Waals surface area contributed by atoms with Crippen LogP contribution in [0, 0.1) is 12.7 Å². The molecule has 0 fully saturated rings. The number of ether oxygens (including phenoxy) is 1. The lowest BCUT2D eigenvalue weighted by Crippen LogP contribution is -2.14. The fourth-order valence-corrected chi connectivity index (χ4v) is 2.79. The van der Waals surface area contributed by atoms with Crippen molar-refractivity contribution < 1.29 is 18.7 Å². The number of hydrogen-bond donors (Lipinski definition) is 2. The van der Waals surface area contributed by atoms with Gasteiger partial charge >= 0.3 is 0 Å². The Hall–Kier alpha value is -3.93. The Morgan fingerprint density at radius 3 is 2.57 bits per heavy atom. The number of carbonyl (C=O) groups is 2. The lowest BCUT2D eigenvalue weighted by atomic mass is 10.1. The number of halogens is 1. The molecule has 3 aromatic rings. The van der Waals surface area contributed by atoms with Crippen molar-refractivity contribution in [3.63, 3.8) is 0 Å².